The van der Waals surface area contributed by atoms with Crippen LogP contribution in [0.3, 0.4) is 0 Å². The van der Waals surface area contributed by atoms with Crippen molar-refractivity contribution in [2.75, 3.05) is 25.1 Å². The van der Waals surface area contributed by atoms with Crippen molar-refractivity contribution in [1.82, 2.24) is 10.6 Å². The van der Waals surface area contributed by atoms with Crippen molar-refractivity contribution in [2.24, 2.45) is 0 Å². The van der Waals surface area contributed by atoms with Gasteiger partial charge in [-0.05, 0) is 37.7 Å². The predicted molar refractivity (Wildman–Crippen MR) is 61.7 cm³/mol. The third kappa shape index (κ3) is 6.27. The molecule has 1 aliphatic rings. The summed E-state index contributed by atoms with van der Waals surface area (Å²) in [6.45, 7) is 1.32. The fourth-order valence-corrected chi connectivity index (χ4v) is 1.68. The van der Waals surface area contributed by atoms with Gasteiger partial charge in [-0.2, -0.15) is 11.8 Å². The van der Waals surface area contributed by atoms with Crippen molar-refractivity contribution < 1.29 is 4.79 Å². The molecule has 0 aromatic rings. The Hall–Kier alpha value is -0.220. The van der Waals surface area contributed by atoms with Crippen LogP contribution in [0.15, 0.2) is 0 Å². The zero-order valence-electron chi connectivity index (χ0n) is 8.84. The quantitative estimate of drug-likeness (QED) is 0.595. The van der Waals surface area contributed by atoms with Crippen LogP contribution in [0.5, 0.6) is 0 Å². The number of hydrogen-bond donors (Lipinski definition) is 2. The lowest BCUT2D eigenvalue weighted by Crippen LogP contribution is -2.35. The standard InChI is InChI=1S/C10H20N2OS/c1-14-7-3-2-6-11-10(13)8-12-9-4-5-9/h9,12H,2-8H2,1H3,(H,11,13). The van der Waals surface area contributed by atoms with Crippen LogP contribution in [0.25, 0.3) is 0 Å². The first-order valence-electron chi connectivity index (χ1n) is 5.32. The Balaban J connectivity index is 1.81. The normalized spacial score (nSPS) is 15.5. The molecule has 0 atom stereocenters. The molecule has 0 aromatic carbocycles. The van der Waals surface area contributed by atoms with Gasteiger partial charge in [0.2, 0.25) is 5.91 Å². The molecular weight excluding hydrogens is 196 g/mol. The zero-order chi connectivity index (χ0) is 10.2. The molecule has 14 heavy (non-hydrogen) atoms. The third-order valence-electron chi connectivity index (χ3n) is 2.23. The van der Waals surface area contributed by atoms with E-state index < -0.39 is 0 Å². The molecule has 0 aromatic heterocycles. The largest absolute Gasteiger partial charge is 0.355 e. The lowest BCUT2D eigenvalue weighted by Gasteiger charge is -2.05. The fraction of sp³-hybridized carbons (Fsp3) is 0.900. The van der Waals surface area contributed by atoms with Gasteiger partial charge in [0, 0.05) is 12.6 Å². The third-order valence-corrected chi connectivity index (χ3v) is 2.92. The predicted octanol–water partition coefficient (Wildman–Crippen LogP) is 0.998. The van der Waals surface area contributed by atoms with Crippen molar-refractivity contribution >= 4 is 17.7 Å². The summed E-state index contributed by atoms with van der Waals surface area (Å²) < 4.78 is 0. The number of rotatable bonds is 8. The first-order chi connectivity index (χ1) is 6.83. The van der Waals surface area contributed by atoms with Gasteiger partial charge < -0.3 is 10.6 Å². The van der Waals surface area contributed by atoms with Crippen LogP contribution in [0, 0.1) is 0 Å². The summed E-state index contributed by atoms with van der Waals surface area (Å²) in [4.78, 5) is 11.2. The molecule has 0 bridgehead atoms. The highest BCUT2D eigenvalue weighted by Crippen LogP contribution is 2.17. The maximum Gasteiger partial charge on any atom is 0.233 e. The molecule has 0 radical (unpaired) electrons. The van der Waals surface area contributed by atoms with Crippen LogP contribution in [0.4, 0.5) is 0 Å². The number of hydrogen-bond acceptors (Lipinski definition) is 3. The Labute approximate surface area is 90.4 Å². The molecule has 82 valence electrons. The monoisotopic (exact) mass is 216 g/mol. The van der Waals surface area contributed by atoms with Gasteiger partial charge in [-0.25, -0.2) is 0 Å². The van der Waals surface area contributed by atoms with E-state index in [9.17, 15) is 4.79 Å². The summed E-state index contributed by atoms with van der Waals surface area (Å²) in [6, 6.07) is 0.622. The van der Waals surface area contributed by atoms with Crippen LogP contribution in [-0.2, 0) is 4.79 Å². The van der Waals surface area contributed by atoms with Gasteiger partial charge in [0.25, 0.3) is 0 Å². The minimum Gasteiger partial charge on any atom is -0.355 e. The second-order valence-corrected chi connectivity index (χ2v) is 4.69. The van der Waals surface area contributed by atoms with Crippen LogP contribution in [0.1, 0.15) is 25.7 Å². The van der Waals surface area contributed by atoms with Crippen molar-refractivity contribution in [3.8, 4) is 0 Å². The van der Waals surface area contributed by atoms with E-state index in [0.29, 0.717) is 12.6 Å². The lowest BCUT2D eigenvalue weighted by molar-refractivity contribution is -0.120. The SMILES string of the molecule is CSCCCCNC(=O)CNC1CC1. The number of amides is 1. The number of thioether (sulfide) groups is 1. The van der Waals surface area contributed by atoms with Gasteiger partial charge >= 0.3 is 0 Å². The highest BCUT2D eigenvalue weighted by atomic mass is 32.2. The average molecular weight is 216 g/mol. The van der Waals surface area contributed by atoms with E-state index in [0.717, 1.165) is 13.0 Å². The first-order valence-corrected chi connectivity index (χ1v) is 6.71. The molecule has 3 nitrogen and oxygen atoms in total. The van der Waals surface area contributed by atoms with E-state index in [1.54, 1.807) is 0 Å². The molecule has 1 saturated carbocycles. The van der Waals surface area contributed by atoms with Gasteiger partial charge in [-0.1, -0.05) is 0 Å². The van der Waals surface area contributed by atoms with Crippen molar-refractivity contribution in [3.63, 3.8) is 0 Å². The van der Waals surface area contributed by atoms with E-state index in [2.05, 4.69) is 16.9 Å². The topological polar surface area (TPSA) is 41.1 Å². The highest BCUT2D eigenvalue weighted by molar-refractivity contribution is 7.98. The van der Waals surface area contributed by atoms with Crippen LogP contribution < -0.4 is 10.6 Å². The van der Waals surface area contributed by atoms with Gasteiger partial charge in [0.05, 0.1) is 6.54 Å². The zero-order valence-corrected chi connectivity index (χ0v) is 9.66. The van der Waals surface area contributed by atoms with E-state index in [1.165, 1.54) is 25.0 Å². The summed E-state index contributed by atoms with van der Waals surface area (Å²) in [5, 5.41) is 6.11. The van der Waals surface area contributed by atoms with Crippen molar-refractivity contribution in [2.45, 2.75) is 31.7 Å². The number of nitrogens with one attached hydrogen (secondary N) is 2. The molecule has 0 unspecified atom stereocenters. The van der Waals surface area contributed by atoms with E-state index >= 15 is 0 Å². The summed E-state index contributed by atoms with van der Waals surface area (Å²) in [5.41, 5.74) is 0. The summed E-state index contributed by atoms with van der Waals surface area (Å²) in [6.07, 6.45) is 6.87. The molecule has 0 saturated heterocycles. The van der Waals surface area contributed by atoms with E-state index in [-0.39, 0.29) is 5.91 Å². The molecular formula is C10H20N2OS. The number of unbranched alkanes of at least 4 members (excludes halogenated alkanes) is 1. The first kappa shape index (κ1) is 11.9. The second kappa shape index (κ2) is 7.12. The van der Waals surface area contributed by atoms with Crippen molar-refractivity contribution in [3.05, 3.63) is 0 Å². The van der Waals surface area contributed by atoms with E-state index in [1.807, 2.05) is 11.8 Å². The molecule has 2 N–H and O–H groups in total. The number of carbonyl (C=O) groups excluding carboxylic acids is 1. The Morgan fingerprint density at radius 1 is 1.43 bits per heavy atom. The van der Waals surface area contributed by atoms with Gasteiger partial charge in [0.1, 0.15) is 0 Å². The fourth-order valence-electron chi connectivity index (χ4n) is 1.19. The minimum absolute atomic E-state index is 0.140. The molecule has 0 spiro atoms. The molecule has 1 amide bonds. The minimum atomic E-state index is 0.140. The lowest BCUT2D eigenvalue weighted by atomic mass is 10.3. The van der Waals surface area contributed by atoms with Gasteiger partial charge in [0.15, 0.2) is 0 Å². The Kier molecular flexibility index (Phi) is 6.03. The molecule has 1 aliphatic carbocycles. The Morgan fingerprint density at radius 3 is 2.86 bits per heavy atom. The van der Waals surface area contributed by atoms with Crippen LogP contribution >= 0.6 is 11.8 Å². The second-order valence-electron chi connectivity index (χ2n) is 3.71. The molecule has 4 heteroatoms. The smallest absolute Gasteiger partial charge is 0.233 e. The highest BCUT2D eigenvalue weighted by Gasteiger charge is 2.20. The summed E-state index contributed by atoms with van der Waals surface area (Å²) >= 11 is 1.86. The van der Waals surface area contributed by atoms with Gasteiger partial charge in [-0.15, -0.1) is 0 Å². The maximum atomic E-state index is 11.2. The van der Waals surface area contributed by atoms with Gasteiger partial charge in [-0.3, -0.25) is 4.79 Å². The van der Waals surface area contributed by atoms with E-state index in [4.69, 9.17) is 0 Å². The Bertz CT molecular complexity index is 172. The number of carbonyl (C=O) groups is 1. The molecule has 1 fully saturated rings. The summed E-state index contributed by atoms with van der Waals surface area (Å²) in [7, 11) is 0. The molecule has 1 rings (SSSR count). The van der Waals surface area contributed by atoms with Crippen molar-refractivity contribution in [1.29, 1.82) is 0 Å². The maximum absolute atomic E-state index is 11.2. The van der Waals surface area contributed by atoms with Crippen LogP contribution in [0.2, 0.25) is 0 Å². The average Bonchev–Trinajstić information content (AvgIpc) is 2.98. The summed E-state index contributed by atoms with van der Waals surface area (Å²) in [5.74, 6) is 1.33. The molecule has 0 heterocycles. The Morgan fingerprint density at radius 2 is 2.21 bits per heavy atom. The molecule has 0 aliphatic heterocycles. The van der Waals surface area contributed by atoms with Crippen LogP contribution in [-0.4, -0.2) is 37.0 Å².